The molecule has 2 bridgehead atoms. The third kappa shape index (κ3) is 4.86. The zero-order valence-electron chi connectivity index (χ0n) is 15.2. The average Bonchev–Trinajstić information content (AvgIpc) is 3.25. The van der Waals surface area contributed by atoms with Gasteiger partial charge in [0.25, 0.3) is 0 Å². The molecule has 138 valence electrons. The number of nitrogens with one attached hydrogen (secondary N) is 2. The zero-order valence-corrected chi connectivity index (χ0v) is 15.2. The predicted molar refractivity (Wildman–Crippen MR) is 98.1 cm³/mol. The van der Waals surface area contributed by atoms with E-state index in [-0.39, 0.29) is 0 Å². The minimum atomic E-state index is 0.343. The molecule has 3 unspecified atom stereocenters. The number of fused-ring (bicyclic) bond motifs is 2. The van der Waals surface area contributed by atoms with Gasteiger partial charge >= 0.3 is 0 Å². The van der Waals surface area contributed by atoms with Crippen LogP contribution >= 0.6 is 0 Å². The Kier molecular flexibility index (Phi) is 6.53. The number of guanidine groups is 1. The summed E-state index contributed by atoms with van der Waals surface area (Å²) in [6.07, 6.45) is 4.22. The van der Waals surface area contributed by atoms with E-state index in [1.54, 1.807) is 7.11 Å². The lowest BCUT2D eigenvalue weighted by molar-refractivity contribution is 0.0992. The molecule has 0 spiro atoms. The molecule has 0 radical (unpaired) electrons. The highest BCUT2D eigenvalue weighted by Gasteiger charge is 2.41. The fraction of sp³-hybridized carbons (Fsp3) is 0.632. The second-order valence-corrected chi connectivity index (χ2v) is 6.49. The zero-order chi connectivity index (χ0) is 17.5. The van der Waals surface area contributed by atoms with Gasteiger partial charge in [-0.3, -0.25) is 4.99 Å². The van der Waals surface area contributed by atoms with Crippen molar-refractivity contribution in [1.29, 1.82) is 0 Å². The SMILES string of the molecule is CCNC(=NCCOCc1ccccc1OC)NC1CC2CCC1O2. The molecule has 0 amide bonds. The van der Waals surface area contributed by atoms with Crippen molar-refractivity contribution >= 4 is 5.96 Å². The molecule has 0 saturated carbocycles. The molecule has 1 aromatic rings. The standard InChI is InChI=1S/C19H29N3O3/c1-3-20-19(22-16-12-15-8-9-18(16)25-15)21-10-11-24-13-14-6-4-5-7-17(14)23-2/h4-7,15-16,18H,3,8-13H2,1-2H3,(H2,20,21,22). The van der Waals surface area contributed by atoms with E-state index in [1.165, 1.54) is 6.42 Å². The second-order valence-electron chi connectivity index (χ2n) is 6.49. The smallest absolute Gasteiger partial charge is 0.191 e. The summed E-state index contributed by atoms with van der Waals surface area (Å²) in [5.41, 5.74) is 1.05. The Hall–Kier alpha value is -1.79. The minimum Gasteiger partial charge on any atom is -0.496 e. The summed E-state index contributed by atoms with van der Waals surface area (Å²) in [4.78, 5) is 4.62. The van der Waals surface area contributed by atoms with E-state index in [9.17, 15) is 0 Å². The monoisotopic (exact) mass is 347 g/mol. The molecule has 2 heterocycles. The van der Waals surface area contributed by atoms with Gasteiger partial charge in [0.2, 0.25) is 0 Å². The van der Waals surface area contributed by atoms with Crippen molar-refractivity contribution in [2.24, 2.45) is 4.99 Å². The number of ether oxygens (including phenoxy) is 3. The van der Waals surface area contributed by atoms with Crippen molar-refractivity contribution in [3.63, 3.8) is 0 Å². The van der Waals surface area contributed by atoms with Gasteiger partial charge in [-0.15, -0.1) is 0 Å². The first-order valence-corrected chi connectivity index (χ1v) is 9.20. The Labute approximate surface area is 149 Å². The van der Waals surface area contributed by atoms with Gasteiger partial charge in [0.15, 0.2) is 5.96 Å². The molecule has 3 rings (SSSR count). The maximum Gasteiger partial charge on any atom is 0.191 e. The topological polar surface area (TPSA) is 64.1 Å². The molecule has 2 fully saturated rings. The lowest BCUT2D eigenvalue weighted by atomic mass is 9.96. The number of para-hydroxylation sites is 1. The number of aliphatic imine (C=N–C) groups is 1. The van der Waals surface area contributed by atoms with Crippen LogP contribution in [0, 0.1) is 0 Å². The van der Waals surface area contributed by atoms with Crippen LogP contribution < -0.4 is 15.4 Å². The quantitative estimate of drug-likeness (QED) is 0.428. The first-order chi connectivity index (χ1) is 12.3. The van der Waals surface area contributed by atoms with E-state index in [4.69, 9.17) is 14.2 Å². The molecule has 2 aliphatic rings. The molecule has 2 N–H and O–H groups in total. The van der Waals surface area contributed by atoms with E-state index in [2.05, 4.69) is 22.5 Å². The number of methoxy groups -OCH3 is 1. The summed E-state index contributed by atoms with van der Waals surface area (Å²) >= 11 is 0. The summed E-state index contributed by atoms with van der Waals surface area (Å²) in [5.74, 6) is 1.71. The normalized spacial score (nSPS) is 25.2. The van der Waals surface area contributed by atoms with Gasteiger partial charge < -0.3 is 24.8 Å². The molecule has 25 heavy (non-hydrogen) atoms. The number of nitrogens with zero attached hydrogens (tertiary/aromatic N) is 1. The Morgan fingerprint density at radius 1 is 1.32 bits per heavy atom. The fourth-order valence-electron chi connectivity index (χ4n) is 3.51. The molecule has 6 heteroatoms. The molecule has 0 aliphatic carbocycles. The van der Waals surface area contributed by atoms with Crippen LogP contribution in [0.3, 0.4) is 0 Å². The van der Waals surface area contributed by atoms with Crippen molar-refractivity contribution in [3.05, 3.63) is 29.8 Å². The van der Waals surface area contributed by atoms with Crippen LogP contribution in [0.15, 0.2) is 29.3 Å². The lowest BCUT2D eigenvalue weighted by Crippen LogP contribution is -2.47. The van der Waals surface area contributed by atoms with Gasteiger partial charge in [-0.05, 0) is 32.3 Å². The highest BCUT2D eigenvalue weighted by Crippen LogP contribution is 2.34. The fourth-order valence-corrected chi connectivity index (χ4v) is 3.51. The summed E-state index contributed by atoms with van der Waals surface area (Å²) < 4.78 is 17.0. The Morgan fingerprint density at radius 3 is 2.92 bits per heavy atom. The average molecular weight is 347 g/mol. The van der Waals surface area contributed by atoms with E-state index < -0.39 is 0 Å². The second kappa shape index (κ2) is 9.06. The van der Waals surface area contributed by atoms with E-state index in [0.717, 1.165) is 36.7 Å². The van der Waals surface area contributed by atoms with Crippen LogP contribution in [-0.2, 0) is 16.1 Å². The van der Waals surface area contributed by atoms with Crippen LogP contribution in [0.5, 0.6) is 5.75 Å². The number of hydrogen-bond donors (Lipinski definition) is 2. The Balaban J connectivity index is 1.42. The molecule has 1 aromatic carbocycles. The van der Waals surface area contributed by atoms with Gasteiger partial charge in [-0.2, -0.15) is 0 Å². The van der Waals surface area contributed by atoms with E-state index in [1.807, 2.05) is 24.3 Å². The molecule has 3 atom stereocenters. The van der Waals surface area contributed by atoms with Crippen LogP contribution in [0.2, 0.25) is 0 Å². The molecular weight excluding hydrogens is 318 g/mol. The molecule has 2 saturated heterocycles. The van der Waals surface area contributed by atoms with Crippen molar-refractivity contribution in [2.75, 3.05) is 26.8 Å². The number of benzene rings is 1. The minimum absolute atomic E-state index is 0.343. The van der Waals surface area contributed by atoms with Gasteiger partial charge in [-0.1, -0.05) is 18.2 Å². The third-order valence-corrected chi connectivity index (χ3v) is 4.73. The lowest BCUT2D eigenvalue weighted by Gasteiger charge is -2.22. The van der Waals surface area contributed by atoms with Crippen LogP contribution in [0.4, 0.5) is 0 Å². The highest BCUT2D eigenvalue weighted by atomic mass is 16.5. The third-order valence-electron chi connectivity index (χ3n) is 4.73. The summed E-state index contributed by atoms with van der Waals surface area (Å²) in [5, 5.41) is 6.82. The van der Waals surface area contributed by atoms with Gasteiger partial charge in [0, 0.05) is 12.1 Å². The Bertz CT molecular complexity index is 579. The van der Waals surface area contributed by atoms with Crippen molar-refractivity contribution in [3.8, 4) is 5.75 Å². The van der Waals surface area contributed by atoms with Crippen molar-refractivity contribution in [2.45, 2.75) is 51.0 Å². The number of rotatable bonds is 8. The predicted octanol–water partition coefficient (Wildman–Crippen LogP) is 2.09. The first-order valence-electron chi connectivity index (χ1n) is 9.20. The van der Waals surface area contributed by atoms with Crippen molar-refractivity contribution < 1.29 is 14.2 Å². The molecule has 0 aromatic heterocycles. The molecule has 2 aliphatic heterocycles. The largest absolute Gasteiger partial charge is 0.496 e. The van der Waals surface area contributed by atoms with Crippen LogP contribution in [-0.4, -0.2) is 51.0 Å². The summed E-state index contributed by atoms with van der Waals surface area (Å²) in [7, 11) is 1.68. The molecule has 6 nitrogen and oxygen atoms in total. The van der Waals surface area contributed by atoms with Crippen molar-refractivity contribution in [1.82, 2.24) is 10.6 Å². The van der Waals surface area contributed by atoms with Gasteiger partial charge in [-0.25, -0.2) is 0 Å². The summed E-state index contributed by atoms with van der Waals surface area (Å²) in [6, 6.07) is 8.29. The van der Waals surface area contributed by atoms with E-state index in [0.29, 0.717) is 38.0 Å². The highest BCUT2D eigenvalue weighted by molar-refractivity contribution is 5.80. The maximum absolute atomic E-state index is 5.90. The van der Waals surface area contributed by atoms with Gasteiger partial charge in [0.1, 0.15) is 5.75 Å². The number of hydrogen-bond acceptors (Lipinski definition) is 4. The first kappa shape index (κ1) is 18.0. The van der Waals surface area contributed by atoms with E-state index >= 15 is 0 Å². The van der Waals surface area contributed by atoms with Gasteiger partial charge in [0.05, 0.1) is 45.1 Å². The Morgan fingerprint density at radius 2 is 2.20 bits per heavy atom. The van der Waals surface area contributed by atoms with Crippen LogP contribution in [0.25, 0.3) is 0 Å². The summed E-state index contributed by atoms with van der Waals surface area (Å²) in [6.45, 7) is 4.64. The maximum atomic E-state index is 5.90. The van der Waals surface area contributed by atoms with Crippen LogP contribution in [0.1, 0.15) is 31.7 Å². The molecular formula is C19H29N3O3.